The molecule has 0 amide bonds. The predicted molar refractivity (Wildman–Crippen MR) is 122 cm³/mol. The number of esters is 2. The van der Waals surface area contributed by atoms with Gasteiger partial charge in [0.25, 0.3) is 0 Å². The van der Waals surface area contributed by atoms with Crippen LogP contribution < -0.4 is 0 Å². The van der Waals surface area contributed by atoms with Crippen LogP contribution in [0, 0.1) is 19.8 Å². The van der Waals surface area contributed by atoms with Crippen LogP contribution in [0.3, 0.4) is 0 Å². The largest absolute Gasteiger partial charge is 0.507 e. The Hall–Kier alpha value is -3.47. The Bertz CT molecular complexity index is 1570. The molecule has 2 aromatic carbocycles. The molecule has 11 heteroatoms. The number of hydrogen-bond donors (Lipinski definition) is 4. The molecule has 1 fully saturated rings. The van der Waals surface area contributed by atoms with Gasteiger partial charge in [0.2, 0.25) is 0 Å². The van der Waals surface area contributed by atoms with Gasteiger partial charge in [-0.3, -0.25) is 9.59 Å². The number of benzene rings is 2. The molecule has 5 aliphatic rings. The van der Waals surface area contributed by atoms with E-state index in [9.17, 15) is 39.6 Å². The first-order chi connectivity index (χ1) is 17.4. The minimum absolute atomic E-state index is 0.0572. The molecule has 2 bridgehead atoms. The summed E-state index contributed by atoms with van der Waals surface area (Å²) in [4.78, 5) is 53.6. The molecule has 4 N–H and O–H groups in total. The fraction of sp³-hybridized carbons (Fsp3) is 0.385. The highest BCUT2D eigenvalue weighted by Gasteiger charge is 2.85. The maximum atomic E-state index is 14.1. The van der Waals surface area contributed by atoms with Crippen molar-refractivity contribution in [1.82, 2.24) is 0 Å². The first-order valence-electron chi connectivity index (χ1n) is 11.6. The maximum absolute atomic E-state index is 14.1. The van der Waals surface area contributed by atoms with E-state index in [0.29, 0.717) is 5.56 Å². The maximum Gasteiger partial charge on any atom is 0.342 e. The third-order valence-corrected chi connectivity index (χ3v) is 9.82. The summed E-state index contributed by atoms with van der Waals surface area (Å²) in [6.07, 6.45) is -2.32. The Labute approximate surface area is 213 Å². The zero-order valence-corrected chi connectivity index (χ0v) is 20.2. The number of carbonyl (C=O) groups is 4. The monoisotopic (exact) mass is 526 g/mol. The van der Waals surface area contributed by atoms with Crippen LogP contribution in [0.15, 0.2) is 6.07 Å². The van der Waals surface area contributed by atoms with Gasteiger partial charge in [-0.15, -0.1) is 0 Å². The van der Waals surface area contributed by atoms with Gasteiger partial charge in [0, 0.05) is 17.5 Å². The Morgan fingerprint density at radius 2 is 1.59 bits per heavy atom. The summed E-state index contributed by atoms with van der Waals surface area (Å²) in [5.74, 6) is -6.02. The molecule has 37 heavy (non-hydrogen) atoms. The van der Waals surface area contributed by atoms with E-state index < -0.39 is 88.7 Å². The van der Waals surface area contributed by atoms with Crippen molar-refractivity contribution >= 4 is 35.1 Å². The van der Waals surface area contributed by atoms with E-state index in [4.69, 9.17) is 21.1 Å². The minimum Gasteiger partial charge on any atom is -0.507 e. The number of hydrogen-bond acceptors (Lipinski definition) is 10. The molecule has 1 saturated carbocycles. The third-order valence-electron chi connectivity index (χ3n) is 9.36. The van der Waals surface area contributed by atoms with E-state index in [2.05, 4.69) is 0 Å². The summed E-state index contributed by atoms with van der Waals surface area (Å²) in [7, 11) is 0. The standard InChI is InChI=1S/C26H19ClO10/c1-7-3-9(28)13-16-11(7)10(29)4-26(35)17-19(30)12-8(2)18(27)20(31)14-15(12)24(21(17)32,5-36-23(14)34)25(16,26)6-37-22(13)33/h3,17,21,28,31-32,35H,4-6H2,1-2H3/t17-,21+,24?,25+,26+/m0/s1. The third kappa shape index (κ3) is 1.99. The normalized spacial score (nSPS) is 34.4. The van der Waals surface area contributed by atoms with Crippen LogP contribution in [0.25, 0.3) is 0 Å². The number of halogens is 1. The van der Waals surface area contributed by atoms with Gasteiger partial charge < -0.3 is 29.9 Å². The van der Waals surface area contributed by atoms with Gasteiger partial charge in [0.1, 0.15) is 35.8 Å². The molecule has 2 aliphatic heterocycles. The quantitative estimate of drug-likeness (QED) is 0.368. The molecule has 2 heterocycles. The van der Waals surface area contributed by atoms with Gasteiger partial charge in [0.15, 0.2) is 11.6 Å². The topological polar surface area (TPSA) is 168 Å². The molecule has 10 nitrogen and oxygen atoms in total. The number of fused-ring (bicyclic) bond motifs is 2. The molecule has 2 spiro atoms. The zero-order valence-electron chi connectivity index (χ0n) is 19.5. The molecule has 2 aromatic rings. The van der Waals surface area contributed by atoms with Crippen LogP contribution >= 0.6 is 11.6 Å². The average molecular weight is 527 g/mol. The first kappa shape index (κ1) is 22.7. The summed E-state index contributed by atoms with van der Waals surface area (Å²) in [6.45, 7) is 1.88. The highest BCUT2D eigenvalue weighted by molar-refractivity contribution is 6.34. The number of ether oxygens (including phenoxy) is 2. The number of aryl methyl sites for hydroxylation is 1. The molecule has 190 valence electrons. The van der Waals surface area contributed by atoms with Crippen molar-refractivity contribution in [3.05, 3.63) is 55.6 Å². The van der Waals surface area contributed by atoms with E-state index in [1.807, 2.05) is 0 Å². The van der Waals surface area contributed by atoms with Gasteiger partial charge >= 0.3 is 11.9 Å². The van der Waals surface area contributed by atoms with Crippen LogP contribution in [0.4, 0.5) is 0 Å². The molecule has 0 saturated heterocycles. The van der Waals surface area contributed by atoms with Crippen molar-refractivity contribution in [2.24, 2.45) is 5.92 Å². The van der Waals surface area contributed by atoms with Gasteiger partial charge in [-0.05, 0) is 42.2 Å². The van der Waals surface area contributed by atoms with Crippen molar-refractivity contribution in [1.29, 1.82) is 0 Å². The first-order valence-corrected chi connectivity index (χ1v) is 12.0. The lowest BCUT2D eigenvalue weighted by Crippen LogP contribution is -2.69. The molecule has 5 atom stereocenters. The fourth-order valence-electron chi connectivity index (χ4n) is 8.04. The average Bonchev–Trinajstić information content (AvgIpc) is 2.93. The second-order valence-corrected chi connectivity index (χ2v) is 11.0. The number of carbonyl (C=O) groups excluding carboxylic acids is 4. The second-order valence-electron chi connectivity index (χ2n) is 10.6. The zero-order chi connectivity index (χ0) is 26.6. The lowest BCUT2D eigenvalue weighted by atomic mass is 9.48. The molecule has 0 aromatic heterocycles. The second kappa shape index (κ2) is 6.32. The van der Waals surface area contributed by atoms with Crippen molar-refractivity contribution in [3.8, 4) is 11.5 Å². The Balaban J connectivity index is 1.76. The van der Waals surface area contributed by atoms with Gasteiger partial charge in [-0.1, -0.05) is 11.6 Å². The van der Waals surface area contributed by atoms with Gasteiger partial charge in [-0.2, -0.15) is 0 Å². The van der Waals surface area contributed by atoms with Crippen LogP contribution in [0.1, 0.15) is 70.1 Å². The number of ketones is 2. The Morgan fingerprint density at radius 3 is 2.30 bits per heavy atom. The van der Waals surface area contributed by atoms with Gasteiger partial charge in [0.05, 0.1) is 33.5 Å². The molecular formula is C26H19ClO10. The summed E-state index contributed by atoms with van der Waals surface area (Å²) in [5, 5.41) is 45.9. The van der Waals surface area contributed by atoms with E-state index in [1.54, 1.807) is 6.92 Å². The lowest BCUT2D eigenvalue weighted by Gasteiger charge is -2.57. The summed E-state index contributed by atoms with van der Waals surface area (Å²) in [6, 6.07) is 1.24. The van der Waals surface area contributed by atoms with E-state index >= 15 is 0 Å². The summed E-state index contributed by atoms with van der Waals surface area (Å²) in [5.41, 5.74) is -6.53. The van der Waals surface area contributed by atoms with Crippen LogP contribution in [0.5, 0.6) is 11.5 Å². The Morgan fingerprint density at radius 1 is 0.946 bits per heavy atom. The van der Waals surface area contributed by atoms with Crippen molar-refractivity contribution in [2.45, 2.75) is 42.8 Å². The number of phenols is 2. The number of aliphatic hydroxyl groups is 2. The highest BCUT2D eigenvalue weighted by atomic mass is 35.5. The van der Waals surface area contributed by atoms with Crippen molar-refractivity contribution in [2.75, 3.05) is 13.2 Å². The minimum atomic E-state index is -2.31. The van der Waals surface area contributed by atoms with Crippen molar-refractivity contribution < 1.29 is 49.1 Å². The Kier molecular flexibility index (Phi) is 3.88. The number of rotatable bonds is 0. The van der Waals surface area contributed by atoms with Gasteiger partial charge in [-0.25, -0.2) is 9.59 Å². The molecule has 0 radical (unpaired) electrons. The van der Waals surface area contributed by atoms with Crippen molar-refractivity contribution in [3.63, 3.8) is 0 Å². The number of phenolic OH excluding ortho intramolecular Hbond substituents is 2. The van der Waals surface area contributed by atoms with Crippen LogP contribution in [-0.4, -0.2) is 68.8 Å². The molecule has 3 aliphatic carbocycles. The molecule has 1 unspecified atom stereocenters. The van der Waals surface area contributed by atoms with E-state index in [-0.39, 0.29) is 38.4 Å². The number of aliphatic hydroxyl groups excluding tert-OH is 1. The summed E-state index contributed by atoms with van der Waals surface area (Å²) >= 11 is 6.32. The van der Waals surface area contributed by atoms with E-state index in [1.165, 1.54) is 13.0 Å². The van der Waals surface area contributed by atoms with Crippen LogP contribution in [0.2, 0.25) is 5.02 Å². The fourth-order valence-corrected chi connectivity index (χ4v) is 8.23. The van der Waals surface area contributed by atoms with Crippen LogP contribution in [-0.2, 0) is 20.3 Å². The predicted octanol–water partition coefficient (Wildman–Crippen LogP) is 1.39. The molecular weight excluding hydrogens is 508 g/mol. The summed E-state index contributed by atoms with van der Waals surface area (Å²) < 4.78 is 11.0. The molecule has 7 rings (SSSR count). The lowest BCUT2D eigenvalue weighted by molar-refractivity contribution is -0.0989. The SMILES string of the molecule is Cc1cc(O)c2c3c1C(=O)C[C@@]1(O)[C@H]4C(=O)c5c(C)c(Cl)c(O)c6c5C(COC6=O)([C@@H]4O)[C@@]31COC2=O. The highest BCUT2D eigenvalue weighted by Crippen LogP contribution is 2.72. The number of cyclic esters (lactones) is 2. The van der Waals surface area contributed by atoms with E-state index in [0.717, 1.165) is 0 Å². The number of aromatic hydroxyl groups is 2. The smallest absolute Gasteiger partial charge is 0.342 e. The number of Topliss-reactive ketones (excluding diaryl/α,β-unsaturated/α-hetero) is 2.